The van der Waals surface area contributed by atoms with Gasteiger partial charge in [-0.2, -0.15) is 13.2 Å². The van der Waals surface area contributed by atoms with Gasteiger partial charge >= 0.3 is 6.18 Å². The molecule has 1 unspecified atom stereocenters. The number of nitrogens with two attached hydrogens (primary N) is 1. The molecule has 0 saturated heterocycles. The number of methoxy groups -OCH3 is 1. The zero-order valence-corrected chi connectivity index (χ0v) is 11.7. The summed E-state index contributed by atoms with van der Waals surface area (Å²) in [6.07, 6.45) is -3.56. The standard InChI is InChI=1S/C14H19F4NO/c1-4-13(5-2,20-3)12(19)9-6-7-10(11(15)8-9)14(16,17)18/h6-8,12H,4-5,19H2,1-3H3. The summed E-state index contributed by atoms with van der Waals surface area (Å²) in [6, 6.07) is 2.07. The van der Waals surface area contributed by atoms with Crippen LogP contribution in [-0.2, 0) is 10.9 Å². The summed E-state index contributed by atoms with van der Waals surface area (Å²) in [5, 5.41) is 0. The van der Waals surface area contributed by atoms with E-state index >= 15 is 0 Å². The minimum Gasteiger partial charge on any atom is -0.376 e. The molecule has 0 aliphatic heterocycles. The second kappa shape index (κ2) is 6.10. The van der Waals surface area contributed by atoms with Crippen molar-refractivity contribution in [3.8, 4) is 0 Å². The lowest BCUT2D eigenvalue weighted by Gasteiger charge is -2.36. The Morgan fingerprint density at radius 3 is 2.10 bits per heavy atom. The van der Waals surface area contributed by atoms with Crippen LogP contribution in [0.5, 0.6) is 0 Å². The van der Waals surface area contributed by atoms with Crippen LogP contribution in [0.1, 0.15) is 43.9 Å². The van der Waals surface area contributed by atoms with E-state index in [0.717, 1.165) is 12.1 Å². The Kier molecular flexibility index (Phi) is 5.15. The van der Waals surface area contributed by atoms with E-state index in [-0.39, 0.29) is 0 Å². The molecule has 0 saturated carbocycles. The van der Waals surface area contributed by atoms with Gasteiger partial charge in [-0.1, -0.05) is 19.9 Å². The second-order valence-electron chi connectivity index (χ2n) is 4.69. The Morgan fingerprint density at radius 1 is 1.20 bits per heavy atom. The largest absolute Gasteiger partial charge is 0.419 e. The van der Waals surface area contributed by atoms with Crippen LogP contribution in [0, 0.1) is 5.82 Å². The lowest BCUT2D eigenvalue weighted by molar-refractivity contribution is -0.140. The van der Waals surface area contributed by atoms with Crippen LogP contribution < -0.4 is 5.73 Å². The average molecular weight is 293 g/mol. The highest BCUT2D eigenvalue weighted by molar-refractivity contribution is 5.30. The Morgan fingerprint density at radius 2 is 1.75 bits per heavy atom. The fourth-order valence-electron chi connectivity index (χ4n) is 2.36. The van der Waals surface area contributed by atoms with Crippen LogP contribution in [0.15, 0.2) is 18.2 Å². The minimum atomic E-state index is -4.71. The molecular formula is C14H19F4NO. The molecule has 2 N–H and O–H groups in total. The van der Waals surface area contributed by atoms with Gasteiger partial charge in [0.2, 0.25) is 0 Å². The molecule has 6 heteroatoms. The molecule has 0 heterocycles. The molecule has 20 heavy (non-hydrogen) atoms. The SMILES string of the molecule is CCC(CC)(OC)C(N)c1ccc(C(F)(F)F)c(F)c1. The van der Waals surface area contributed by atoms with E-state index in [1.165, 1.54) is 13.2 Å². The van der Waals surface area contributed by atoms with Crippen molar-refractivity contribution in [3.63, 3.8) is 0 Å². The third-order valence-corrected chi connectivity index (χ3v) is 3.83. The van der Waals surface area contributed by atoms with Crippen LogP contribution in [0.2, 0.25) is 0 Å². The van der Waals surface area contributed by atoms with Crippen molar-refractivity contribution in [2.24, 2.45) is 5.73 Å². The molecule has 0 fully saturated rings. The Balaban J connectivity index is 3.19. The van der Waals surface area contributed by atoms with Crippen molar-refractivity contribution >= 4 is 0 Å². The normalized spacial score (nSPS) is 14.4. The summed E-state index contributed by atoms with van der Waals surface area (Å²) < 4.78 is 56.6. The van der Waals surface area contributed by atoms with Gasteiger partial charge in [0.25, 0.3) is 0 Å². The molecule has 1 aromatic carbocycles. The van der Waals surface area contributed by atoms with Crippen molar-refractivity contribution < 1.29 is 22.3 Å². The van der Waals surface area contributed by atoms with E-state index in [9.17, 15) is 17.6 Å². The van der Waals surface area contributed by atoms with Crippen LogP contribution in [-0.4, -0.2) is 12.7 Å². The highest BCUT2D eigenvalue weighted by Crippen LogP contribution is 2.36. The smallest absolute Gasteiger partial charge is 0.376 e. The molecule has 0 aromatic heterocycles. The molecule has 0 aliphatic rings. The lowest BCUT2D eigenvalue weighted by atomic mass is 9.84. The zero-order valence-electron chi connectivity index (χ0n) is 11.7. The molecule has 1 aromatic rings. The number of alkyl halides is 3. The number of hydrogen-bond donors (Lipinski definition) is 1. The van der Waals surface area contributed by atoms with E-state index < -0.39 is 29.2 Å². The summed E-state index contributed by atoms with van der Waals surface area (Å²) in [7, 11) is 1.49. The maximum atomic E-state index is 13.6. The molecule has 0 spiro atoms. The number of ether oxygens (including phenoxy) is 1. The van der Waals surface area contributed by atoms with E-state index in [1.54, 1.807) is 0 Å². The summed E-state index contributed by atoms with van der Waals surface area (Å²) in [5.41, 5.74) is 4.35. The van der Waals surface area contributed by atoms with E-state index in [4.69, 9.17) is 10.5 Å². The third kappa shape index (κ3) is 3.12. The summed E-state index contributed by atoms with van der Waals surface area (Å²) in [4.78, 5) is 0. The zero-order chi connectivity index (χ0) is 15.6. The van der Waals surface area contributed by atoms with Crippen LogP contribution >= 0.6 is 0 Å². The van der Waals surface area contributed by atoms with Crippen LogP contribution in [0.4, 0.5) is 17.6 Å². The van der Waals surface area contributed by atoms with Gasteiger partial charge in [-0.25, -0.2) is 4.39 Å². The predicted molar refractivity (Wildman–Crippen MR) is 68.7 cm³/mol. The number of halogens is 4. The first-order chi connectivity index (χ1) is 9.21. The van der Waals surface area contributed by atoms with Gasteiger partial charge in [0.15, 0.2) is 0 Å². The number of hydrogen-bond acceptors (Lipinski definition) is 2. The Bertz CT molecular complexity index is 447. The Hall–Kier alpha value is -1.14. The number of benzene rings is 1. The van der Waals surface area contributed by atoms with E-state index in [2.05, 4.69) is 0 Å². The topological polar surface area (TPSA) is 35.2 Å². The van der Waals surface area contributed by atoms with Crippen molar-refractivity contribution in [3.05, 3.63) is 35.1 Å². The first-order valence-corrected chi connectivity index (χ1v) is 6.39. The van der Waals surface area contributed by atoms with Crippen molar-refractivity contribution in [2.45, 2.75) is 44.5 Å². The van der Waals surface area contributed by atoms with E-state index in [1.807, 2.05) is 13.8 Å². The minimum absolute atomic E-state index is 0.293. The van der Waals surface area contributed by atoms with Gasteiger partial charge in [-0.05, 0) is 30.5 Å². The Labute approximate surface area is 115 Å². The van der Waals surface area contributed by atoms with E-state index in [0.29, 0.717) is 18.4 Å². The third-order valence-electron chi connectivity index (χ3n) is 3.83. The fourth-order valence-corrected chi connectivity index (χ4v) is 2.36. The fraction of sp³-hybridized carbons (Fsp3) is 0.571. The maximum Gasteiger partial charge on any atom is 0.419 e. The average Bonchev–Trinajstić information content (AvgIpc) is 2.39. The summed E-state index contributed by atoms with van der Waals surface area (Å²) in [6.45, 7) is 3.74. The molecule has 114 valence electrons. The highest BCUT2D eigenvalue weighted by Gasteiger charge is 2.37. The van der Waals surface area contributed by atoms with Gasteiger partial charge in [-0.15, -0.1) is 0 Å². The van der Waals surface area contributed by atoms with Gasteiger partial charge < -0.3 is 10.5 Å². The van der Waals surface area contributed by atoms with Gasteiger partial charge in [0.05, 0.1) is 17.2 Å². The molecule has 0 radical (unpaired) electrons. The molecule has 0 bridgehead atoms. The summed E-state index contributed by atoms with van der Waals surface area (Å²) in [5.74, 6) is -1.32. The molecular weight excluding hydrogens is 274 g/mol. The molecule has 1 rings (SSSR count). The second-order valence-corrected chi connectivity index (χ2v) is 4.69. The molecule has 2 nitrogen and oxygen atoms in total. The molecule has 0 amide bonds. The van der Waals surface area contributed by atoms with Gasteiger partial charge in [-0.3, -0.25) is 0 Å². The molecule has 0 aliphatic carbocycles. The van der Waals surface area contributed by atoms with Crippen molar-refractivity contribution in [2.75, 3.05) is 7.11 Å². The maximum absolute atomic E-state index is 13.6. The quantitative estimate of drug-likeness (QED) is 0.831. The first kappa shape index (κ1) is 16.9. The molecule has 1 atom stereocenters. The van der Waals surface area contributed by atoms with Crippen molar-refractivity contribution in [1.29, 1.82) is 0 Å². The number of rotatable bonds is 5. The monoisotopic (exact) mass is 293 g/mol. The summed E-state index contributed by atoms with van der Waals surface area (Å²) >= 11 is 0. The van der Waals surface area contributed by atoms with Gasteiger partial charge in [0.1, 0.15) is 5.82 Å². The highest BCUT2D eigenvalue weighted by atomic mass is 19.4. The lowest BCUT2D eigenvalue weighted by Crippen LogP contribution is -2.42. The van der Waals surface area contributed by atoms with Gasteiger partial charge in [0, 0.05) is 7.11 Å². The van der Waals surface area contributed by atoms with Crippen molar-refractivity contribution in [1.82, 2.24) is 0 Å². The van der Waals surface area contributed by atoms with Crippen LogP contribution in [0.25, 0.3) is 0 Å². The van der Waals surface area contributed by atoms with Crippen LogP contribution in [0.3, 0.4) is 0 Å². The predicted octanol–water partition coefficient (Wildman–Crippen LogP) is 4.05. The first-order valence-electron chi connectivity index (χ1n) is 6.39.